The van der Waals surface area contributed by atoms with Crippen LogP contribution >= 0.6 is 0 Å². The third kappa shape index (κ3) is 3.31. The topological polar surface area (TPSA) is 85.8 Å². The number of carbonyl (C=O) groups is 1. The van der Waals surface area contributed by atoms with Crippen molar-refractivity contribution >= 4 is 16.8 Å². The molecule has 4 aromatic rings. The van der Waals surface area contributed by atoms with Gasteiger partial charge in [0.15, 0.2) is 5.69 Å². The Balaban J connectivity index is 1.45. The smallest absolute Gasteiger partial charge is 0.272 e. The third-order valence-electron chi connectivity index (χ3n) is 4.44. The summed E-state index contributed by atoms with van der Waals surface area (Å²) in [5.74, 6) is 0.690. The Hall–Kier alpha value is -3.48. The Morgan fingerprint density at radius 2 is 1.89 bits per heavy atom. The Morgan fingerprint density at radius 1 is 1.15 bits per heavy atom. The number of amides is 1. The van der Waals surface area contributed by atoms with Gasteiger partial charge in [-0.2, -0.15) is 10.1 Å². The molecule has 0 fully saturated rings. The molecule has 0 aliphatic rings. The van der Waals surface area contributed by atoms with Gasteiger partial charge in [-0.15, -0.1) is 0 Å². The molecule has 2 heterocycles. The van der Waals surface area contributed by atoms with Crippen LogP contribution in [-0.2, 0) is 7.05 Å². The first-order chi connectivity index (χ1) is 13.1. The number of aromatic nitrogens is 4. The minimum atomic E-state index is -0.221. The molecule has 27 heavy (non-hydrogen) atoms. The number of hydrogen-bond donors (Lipinski definition) is 1. The van der Waals surface area contributed by atoms with E-state index in [0.29, 0.717) is 24.0 Å². The molecule has 0 aliphatic heterocycles. The highest BCUT2D eigenvalue weighted by molar-refractivity contribution is 6.04. The molecule has 1 atom stereocenters. The summed E-state index contributed by atoms with van der Waals surface area (Å²) >= 11 is 0. The molecule has 1 amide bonds. The summed E-state index contributed by atoms with van der Waals surface area (Å²) in [6.45, 7) is 2.30. The van der Waals surface area contributed by atoms with Crippen molar-refractivity contribution in [2.75, 3.05) is 6.54 Å². The fourth-order valence-corrected chi connectivity index (χ4v) is 2.94. The number of rotatable bonds is 5. The molecule has 2 aromatic heterocycles. The number of carbonyl (C=O) groups excluding carboxylic acids is 1. The van der Waals surface area contributed by atoms with Gasteiger partial charge in [-0.3, -0.25) is 9.48 Å². The standard InChI is InChI=1S/C20H19N5O2/c1-13(20-22-18(24-27-20)14-8-4-3-5-9-14)12-21-19(26)17-15-10-6-7-11-16(15)25(2)23-17/h3-11,13H,12H2,1-2H3,(H,21,26). The predicted octanol–water partition coefficient (Wildman–Crippen LogP) is 3.16. The normalized spacial score (nSPS) is 12.2. The van der Waals surface area contributed by atoms with Crippen LogP contribution in [-0.4, -0.2) is 32.4 Å². The summed E-state index contributed by atoms with van der Waals surface area (Å²) in [6, 6.07) is 17.3. The molecule has 0 saturated heterocycles. The van der Waals surface area contributed by atoms with E-state index in [0.717, 1.165) is 16.5 Å². The van der Waals surface area contributed by atoms with Gasteiger partial charge >= 0.3 is 0 Å². The van der Waals surface area contributed by atoms with E-state index in [1.165, 1.54) is 0 Å². The van der Waals surface area contributed by atoms with Crippen molar-refractivity contribution in [3.63, 3.8) is 0 Å². The van der Waals surface area contributed by atoms with Gasteiger partial charge in [0.2, 0.25) is 11.7 Å². The van der Waals surface area contributed by atoms with Gasteiger partial charge in [0, 0.05) is 24.5 Å². The molecule has 2 aromatic carbocycles. The summed E-state index contributed by atoms with van der Waals surface area (Å²) < 4.78 is 7.07. The fourth-order valence-electron chi connectivity index (χ4n) is 2.94. The zero-order valence-electron chi connectivity index (χ0n) is 15.1. The summed E-state index contributed by atoms with van der Waals surface area (Å²) in [7, 11) is 1.82. The zero-order chi connectivity index (χ0) is 18.8. The Morgan fingerprint density at radius 3 is 2.70 bits per heavy atom. The van der Waals surface area contributed by atoms with Crippen LogP contribution in [0.5, 0.6) is 0 Å². The number of nitrogens with zero attached hydrogens (tertiary/aromatic N) is 4. The lowest BCUT2D eigenvalue weighted by atomic mass is 10.1. The maximum atomic E-state index is 12.6. The van der Waals surface area contributed by atoms with Crippen LogP contribution in [0.4, 0.5) is 0 Å². The van der Waals surface area contributed by atoms with E-state index in [4.69, 9.17) is 4.52 Å². The molecule has 7 nitrogen and oxygen atoms in total. The number of benzene rings is 2. The quantitative estimate of drug-likeness (QED) is 0.590. The monoisotopic (exact) mass is 361 g/mol. The van der Waals surface area contributed by atoms with Gasteiger partial charge in [-0.25, -0.2) is 0 Å². The Labute approximate surface area is 156 Å². The van der Waals surface area contributed by atoms with E-state index in [9.17, 15) is 4.79 Å². The molecule has 7 heteroatoms. The van der Waals surface area contributed by atoms with Gasteiger partial charge in [0.25, 0.3) is 5.91 Å². The highest BCUT2D eigenvalue weighted by Crippen LogP contribution is 2.20. The summed E-state index contributed by atoms with van der Waals surface area (Å²) in [5, 5.41) is 12.1. The molecule has 0 radical (unpaired) electrons. The van der Waals surface area contributed by atoms with Crippen LogP contribution in [0, 0.1) is 0 Å². The summed E-state index contributed by atoms with van der Waals surface area (Å²) in [5.41, 5.74) is 2.22. The molecular formula is C20H19N5O2. The van der Waals surface area contributed by atoms with Crippen molar-refractivity contribution in [3.8, 4) is 11.4 Å². The molecule has 4 rings (SSSR count). The largest absolute Gasteiger partial charge is 0.350 e. The van der Waals surface area contributed by atoms with E-state index in [1.54, 1.807) is 4.68 Å². The van der Waals surface area contributed by atoms with Gasteiger partial charge < -0.3 is 9.84 Å². The van der Waals surface area contributed by atoms with Crippen LogP contribution < -0.4 is 5.32 Å². The van der Waals surface area contributed by atoms with Crippen LogP contribution in [0.2, 0.25) is 0 Å². The van der Waals surface area contributed by atoms with Crippen molar-refractivity contribution in [2.24, 2.45) is 7.05 Å². The SMILES string of the molecule is CC(CNC(=O)c1nn(C)c2ccccc12)c1nc(-c2ccccc2)no1. The lowest BCUT2D eigenvalue weighted by Gasteiger charge is -2.07. The Kier molecular flexibility index (Phi) is 4.42. The molecule has 0 aliphatic carbocycles. The molecule has 136 valence electrons. The molecule has 1 N–H and O–H groups in total. The number of fused-ring (bicyclic) bond motifs is 1. The predicted molar refractivity (Wildman–Crippen MR) is 101 cm³/mol. The number of aryl methyl sites for hydroxylation is 1. The Bertz CT molecular complexity index is 1080. The van der Waals surface area contributed by atoms with Crippen LogP contribution in [0.15, 0.2) is 59.1 Å². The second-order valence-corrected chi connectivity index (χ2v) is 6.42. The minimum absolute atomic E-state index is 0.117. The van der Waals surface area contributed by atoms with E-state index in [2.05, 4.69) is 20.6 Å². The van der Waals surface area contributed by atoms with Crippen molar-refractivity contribution in [1.29, 1.82) is 0 Å². The van der Waals surface area contributed by atoms with Gasteiger partial charge in [-0.1, -0.05) is 60.6 Å². The summed E-state index contributed by atoms with van der Waals surface area (Å²) in [6.07, 6.45) is 0. The van der Waals surface area contributed by atoms with E-state index >= 15 is 0 Å². The maximum Gasteiger partial charge on any atom is 0.272 e. The van der Waals surface area contributed by atoms with Crippen molar-refractivity contribution < 1.29 is 9.32 Å². The zero-order valence-corrected chi connectivity index (χ0v) is 15.1. The number of nitrogens with one attached hydrogen (secondary N) is 1. The van der Waals surface area contributed by atoms with Crippen molar-refractivity contribution in [2.45, 2.75) is 12.8 Å². The lowest BCUT2D eigenvalue weighted by molar-refractivity contribution is 0.0946. The van der Waals surface area contributed by atoms with E-state index in [1.807, 2.05) is 68.6 Å². The van der Waals surface area contributed by atoms with Crippen molar-refractivity contribution in [1.82, 2.24) is 25.2 Å². The van der Waals surface area contributed by atoms with Crippen LogP contribution in [0.1, 0.15) is 29.2 Å². The first-order valence-electron chi connectivity index (χ1n) is 8.72. The van der Waals surface area contributed by atoms with Gasteiger partial charge in [0.05, 0.1) is 11.4 Å². The first kappa shape index (κ1) is 17.0. The summed E-state index contributed by atoms with van der Waals surface area (Å²) in [4.78, 5) is 17.0. The average molecular weight is 361 g/mol. The van der Waals surface area contributed by atoms with Gasteiger partial charge in [-0.05, 0) is 6.07 Å². The van der Waals surface area contributed by atoms with Crippen LogP contribution in [0.3, 0.4) is 0 Å². The van der Waals surface area contributed by atoms with Crippen molar-refractivity contribution in [3.05, 3.63) is 66.2 Å². The first-order valence-corrected chi connectivity index (χ1v) is 8.72. The molecular weight excluding hydrogens is 342 g/mol. The number of hydrogen-bond acceptors (Lipinski definition) is 5. The second-order valence-electron chi connectivity index (χ2n) is 6.42. The highest BCUT2D eigenvalue weighted by atomic mass is 16.5. The second kappa shape index (κ2) is 7.03. The van der Waals surface area contributed by atoms with E-state index in [-0.39, 0.29) is 11.8 Å². The third-order valence-corrected chi connectivity index (χ3v) is 4.44. The molecule has 0 spiro atoms. The average Bonchev–Trinajstić information content (AvgIpc) is 3.32. The molecule has 0 bridgehead atoms. The minimum Gasteiger partial charge on any atom is -0.350 e. The molecule has 1 unspecified atom stereocenters. The van der Waals surface area contributed by atoms with E-state index < -0.39 is 0 Å². The lowest BCUT2D eigenvalue weighted by Crippen LogP contribution is -2.28. The number of para-hydroxylation sites is 1. The fraction of sp³-hybridized carbons (Fsp3) is 0.200. The maximum absolute atomic E-state index is 12.6. The molecule has 0 saturated carbocycles. The van der Waals surface area contributed by atoms with Gasteiger partial charge in [0.1, 0.15) is 0 Å². The van der Waals surface area contributed by atoms with Crippen LogP contribution in [0.25, 0.3) is 22.3 Å². The highest BCUT2D eigenvalue weighted by Gasteiger charge is 2.19.